The van der Waals surface area contributed by atoms with Crippen LogP contribution in [0.15, 0.2) is 29.1 Å². The minimum absolute atomic E-state index is 0.0123. The molecule has 17 heavy (non-hydrogen) atoms. The maximum absolute atomic E-state index is 11.4. The third kappa shape index (κ3) is 2.91. The number of carbonyl (C=O) groups excluding carboxylic acids is 1. The van der Waals surface area contributed by atoms with Crippen molar-refractivity contribution < 1.29 is 9.53 Å². The zero-order valence-corrected chi connectivity index (χ0v) is 10.6. The molecule has 0 saturated heterocycles. The summed E-state index contributed by atoms with van der Waals surface area (Å²) >= 11 is 1.53. The van der Waals surface area contributed by atoms with E-state index in [0.29, 0.717) is 17.9 Å². The number of rotatable bonds is 4. The number of Topliss-reactive ketones (excluding diaryl/α,β-unsaturated/α-hetero) is 1. The van der Waals surface area contributed by atoms with Gasteiger partial charge in [0.15, 0.2) is 5.78 Å². The van der Waals surface area contributed by atoms with Gasteiger partial charge in [-0.2, -0.15) is 0 Å². The Morgan fingerprint density at radius 3 is 2.94 bits per heavy atom. The Hall–Kier alpha value is -1.68. The summed E-state index contributed by atoms with van der Waals surface area (Å²) in [5, 5.41) is 1.93. The number of aryl methyl sites for hydroxylation is 1. The van der Waals surface area contributed by atoms with Gasteiger partial charge in [-0.15, -0.1) is 11.3 Å². The van der Waals surface area contributed by atoms with E-state index in [1.807, 2.05) is 24.4 Å². The first-order valence-electron chi connectivity index (χ1n) is 5.28. The SMILES string of the molecule is CC(=O)c1ccc(C)cc1OCc1cscn1. The highest BCUT2D eigenvalue weighted by molar-refractivity contribution is 7.07. The van der Waals surface area contributed by atoms with E-state index in [1.165, 1.54) is 11.3 Å². The molecule has 0 aliphatic heterocycles. The van der Waals surface area contributed by atoms with Gasteiger partial charge >= 0.3 is 0 Å². The molecule has 1 heterocycles. The fraction of sp³-hybridized carbons (Fsp3) is 0.231. The predicted octanol–water partition coefficient (Wildman–Crippen LogP) is 3.23. The monoisotopic (exact) mass is 247 g/mol. The van der Waals surface area contributed by atoms with Crippen LogP contribution in [0, 0.1) is 6.92 Å². The van der Waals surface area contributed by atoms with Crippen molar-refractivity contribution in [2.75, 3.05) is 0 Å². The molecule has 0 spiro atoms. The molecule has 0 fully saturated rings. The van der Waals surface area contributed by atoms with Crippen molar-refractivity contribution in [3.05, 3.63) is 45.9 Å². The summed E-state index contributed by atoms with van der Waals surface area (Å²) in [6.07, 6.45) is 0. The molecule has 0 radical (unpaired) electrons. The summed E-state index contributed by atoms with van der Waals surface area (Å²) in [4.78, 5) is 15.6. The van der Waals surface area contributed by atoms with Crippen molar-refractivity contribution >= 4 is 17.1 Å². The van der Waals surface area contributed by atoms with E-state index in [9.17, 15) is 4.79 Å². The molecular formula is C13H13NO2S. The average Bonchev–Trinajstić information content (AvgIpc) is 2.78. The maximum Gasteiger partial charge on any atom is 0.163 e. The fourth-order valence-electron chi connectivity index (χ4n) is 1.50. The number of benzene rings is 1. The Balaban J connectivity index is 2.19. The molecule has 0 amide bonds. The van der Waals surface area contributed by atoms with Gasteiger partial charge in [0.25, 0.3) is 0 Å². The molecule has 88 valence electrons. The van der Waals surface area contributed by atoms with Gasteiger partial charge in [-0.05, 0) is 31.5 Å². The molecule has 0 atom stereocenters. The highest BCUT2D eigenvalue weighted by atomic mass is 32.1. The predicted molar refractivity (Wildman–Crippen MR) is 67.6 cm³/mol. The van der Waals surface area contributed by atoms with Crippen LogP contribution in [0.25, 0.3) is 0 Å². The van der Waals surface area contributed by atoms with Crippen LogP contribution in [0.1, 0.15) is 28.5 Å². The molecule has 2 aromatic rings. The van der Waals surface area contributed by atoms with Crippen molar-refractivity contribution in [2.45, 2.75) is 20.5 Å². The maximum atomic E-state index is 11.4. The van der Waals surface area contributed by atoms with Gasteiger partial charge in [-0.1, -0.05) is 6.07 Å². The number of hydrogen-bond acceptors (Lipinski definition) is 4. The second-order valence-electron chi connectivity index (χ2n) is 3.82. The lowest BCUT2D eigenvalue weighted by atomic mass is 10.1. The second-order valence-corrected chi connectivity index (χ2v) is 4.54. The number of aromatic nitrogens is 1. The zero-order chi connectivity index (χ0) is 12.3. The molecule has 1 aromatic carbocycles. The van der Waals surface area contributed by atoms with Gasteiger partial charge in [-0.25, -0.2) is 4.98 Å². The molecule has 0 unspecified atom stereocenters. The van der Waals surface area contributed by atoms with Crippen molar-refractivity contribution in [3.63, 3.8) is 0 Å². The number of ether oxygens (including phenoxy) is 1. The minimum atomic E-state index is 0.0123. The van der Waals surface area contributed by atoms with E-state index < -0.39 is 0 Å². The Morgan fingerprint density at radius 2 is 2.29 bits per heavy atom. The Kier molecular flexibility index (Phi) is 3.54. The fourth-order valence-corrected chi connectivity index (χ4v) is 2.04. The summed E-state index contributed by atoms with van der Waals surface area (Å²) in [7, 11) is 0. The van der Waals surface area contributed by atoms with Gasteiger partial charge in [0.2, 0.25) is 0 Å². The van der Waals surface area contributed by atoms with Crippen molar-refractivity contribution in [1.82, 2.24) is 4.98 Å². The summed E-state index contributed by atoms with van der Waals surface area (Å²) in [5.74, 6) is 0.642. The molecule has 1 aromatic heterocycles. The van der Waals surface area contributed by atoms with Crippen LogP contribution in [-0.4, -0.2) is 10.8 Å². The Bertz CT molecular complexity index is 520. The molecule has 3 nitrogen and oxygen atoms in total. The first kappa shape index (κ1) is 11.8. The topological polar surface area (TPSA) is 39.2 Å². The van der Waals surface area contributed by atoms with Crippen molar-refractivity contribution in [3.8, 4) is 5.75 Å². The number of ketones is 1. The largest absolute Gasteiger partial charge is 0.486 e. The van der Waals surface area contributed by atoms with Gasteiger partial charge in [0.1, 0.15) is 12.4 Å². The van der Waals surface area contributed by atoms with E-state index in [-0.39, 0.29) is 5.78 Å². The highest BCUT2D eigenvalue weighted by Gasteiger charge is 2.09. The second kappa shape index (κ2) is 5.10. The van der Waals surface area contributed by atoms with Crippen LogP contribution in [0.2, 0.25) is 0 Å². The van der Waals surface area contributed by atoms with Gasteiger partial charge in [0.05, 0.1) is 16.8 Å². The van der Waals surface area contributed by atoms with E-state index in [4.69, 9.17) is 4.74 Å². The number of thiazole rings is 1. The van der Waals surface area contributed by atoms with Crippen LogP contribution < -0.4 is 4.74 Å². The van der Waals surface area contributed by atoms with Crippen LogP contribution in [0.5, 0.6) is 5.75 Å². The molecule has 2 rings (SSSR count). The van der Waals surface area contributed by atoms with Crippen molar-refractivity contribution in [2.24, 2.45) is 0 Å². The lowest BCUT2D eigenvalue weighted by Gasteiger charge is -2.09. The Morgan fingerprint density at radius 1 is 1.47 bits per heavy atom. The van der Waals surface area contributed by atoms with Gasteiger partial charge in [-0.3, -0.25) is 4.79 Å². The quantitative estimate of drug-likeness (QED) is 0.779. The van der Waals surface area contributed by atoms with Crippen LogP contribution in [-0.2, 0) is 6.61 Å². The zero-order valence-electron chi connectivity index (χ0n) is 9.77. The van der Waals surface area contributed by atoms with Crippen molar-refractivity contribution in [1.29, 1.82) is 0 Å². The minimum Gasteiger partial charge on any atom is -0.486 e. The summed E-state index contributed by atoms with van der Waals surface area (Å²) < 4.78 is 5.65. The molecule has 0 aliphatic rings. The standard InChI is InChI=1S/C13H13NO2S/c1-9-3-4-12(10(2)15)13(5-9)16-6-11-7-17-8-14-11/h3-5,7-8H,6H2,1-2H3. The summed E-state index contributed by atoms with van der Waals surface area (Å²) in [6.45, 7) is 3.91. The molecule has 0 aliphatic carbocycles. The Labute approximate surface area is 104 Å². The summed E-state index contributed by atoms with van der Waals surface area (Å²) in [5.41, 5.74) is 4.33. The number of hydrogen-bond donors (Lipinski definition) is 0. The van der Waals surface area contributed by atoms with Gasteiger partial charge in [0, 0.05) is 5.38 Å². The van der Waals surface area contributed by atoms with Crippen LogP contribution in [0.3, 0.4) is 0 Å². The number of nitrogens with zero attached hydrogens (tertiary/aromatic N) is 1. The normalized spacial score (nSPS) is 10.2. The van der Waals surface area contributed by atoms with E-state index in [2.05, 4.69) is 4.98 Å². The van der Waals surface area contributed by atoms with E-state index in [0.717, 1.165) is 11.3 Å². The van der Waals surface area contributed by atoms with Crippen LogP contribution in [0.4, 0.5) is 0 Å². The molecule has 0 saturated carbocycles. The molecule has 4 heteroatoms. The molecule has 0 N–H and O–H groups in total. The molecular weight excluding hydrogens is 234 g/mol. The summed E-state index contributed by atoms with van der Waals surface area (Å²) in [6, 6.07) is 5.59. The van der Waals surface area contributed by atoms with E-state index >= 15 is 0 Å². The molecule has 0 bridgehead atoms. The number of carbonyl (C=O) groups is 1. The smallest absolute Gasteiger partial charge is 0.163 e. The lowest BCUT2D eigenvalue weighted by molar-refractivity contribution is 0.101. The first-order chi connectivity index (χ1) is 8.16. The van der Waals surface area contributed by atoms with Gasteiger partial charge < -0.3 is 4.74 Å². The van der Waals surface area contributed by atoms with E-state index in [1.54, 1.807) is 18.5 Å². The average molecular weight is 247 g/mol. The lowest BCUT2D eigenvalue weighted by Crippen LogP contribution is -2.02. The van der Waals surface area contributed by atoms with Crippen LogP contribution >= 0.6 is 11.3 Å². The first-order valence-corrected chi connectivity index (χ1v) is 6.22. The highest BCUT2D eigenvalue weighted by Crippen LogP contribution is 2.22. The third-order valence-corrected chi connectivity index (χ3v) is 3.01. The third-order valence-electron chi connectivity index (χ3n) is 2.38.